The van der Waals surface area contributed by atoms with E-state index in [0.29, 0.717) is 25.3 Å². The quantitative estimate of drug-likeness (QED) is 0.795. The van der Waals surface area contributed by atoms with Crippen LogP contribution < -0.4 is 10.1 Å². The lowest BCUT2D eigenvalue weighted by Gasteiger charge is -2.14. The van der Waals surface area contributed by atoms with Crippen molar-refractivity contribution in [3.8, 4) is 5.75 Å². The Labute approximate surface area is 121 Å². The number of carbonyl (C=O) groups excluding carboxylic acids is 1. The maximum atomic E-state index is 12.0. The highest BCUT2D eigenvalue weighted by atomic mass is 16.5. The molecule has 112 valence electrons. The topological polar surface area (TPSA) is 47.6 Å². The maximum Gasteiger partial charge on any atom is 0.251 e. The molecule has 4 nitrogen and oxygen atoms in total. The Bertz CT molecular complexity index is 430. The summed E-state index contributed by atoms with van der Waals surface area (Å²) in [5.41, 5.74) is 1.55. The Morgan fingerprint density at radius 3 is 2.65 bits per heavy atom. The molecular weight excluding hydrogens is 254 g/mol. The van der Waals surface area contributed by atoms with Gasteiger partial charge < -0.3 is 14.8 Å². The lowest BCUT2D eigenvalue weighted by Crippen LogP contribution is -2.24. The molecule has 0 aliphatic rings. The molecule has 0 aliphatic heterocycles. The molecule has 0 aromatic heterocycles. The summed E-state index contributed by atoms with van der Waals surface area (Å²) < 4.78 is 11.2. The van der Waals surface area contributed by atoms with Crippen LogP contribution in [0.25, 0.3) is 0 Å². The monoisotopic (exact) mass is 279 g/mol. The van der Waals surface area contributed by atoms with Gasteiger partial charge in [0.25, 0.3) is 5.91 Å². The summed E-state index contributed by atoms with van der Waals surface area (Å²) in [4.78, 5) is 12.0. The Hall–Kier alpha value is -1.55. The smallest absolute Gasteiger partial charge is 0.251 e. The summed E-state index contributed by atoms with van der Waals surface area (Å²) in [6.07, 6.45) is 1.06. The van der Waals surface area contributed by atoms with Gasteiger partial charge in [-0.2, -0.15) is 0 Å². The van der Waals surface area contributed by atoms with Crippen LogP contribution in [-0.2, 0) is 11.3 Å². The number of benzene rings is 1. The fraction of sp³-hybridized carbons (Fsp3) is 0.562. The number of amides is 1. The minimum absolute atomic E-state index is 0.0549. The van der Waals surface area contributed by atoms with E-state index in [1.54, 1.807) is 6.07 Å². The summed E-state index contributed by atoms with van der Waals surface area (Å²) in [5, 5.41) is 2.87. The van der Waals surface area contributed by atoms with Gasteiger partial charge in [0.1, 0.15) is 5.75 Å². The van der Waals surface area contributed by atoms with Crippen molar-refractivity contribution in [3.63, 3.8) is 0 Å². The van der Waals surface area contributed by atoms with E-state index < -0.39 is 0 Å². The summed E-state index contributed by atoms with van der Waals surface area (Å²) in [6, 6.07) is 5.47. The molecule has 1 N–H and O–H groups in total. The second-order valence-corrected chi connectivity index (χ2v) is 4.87. The van der Waals surface area contributed by atoms with E-state index in [1.165, 1.54) is 0 Å². The fourth-order valence-corrected chi connectivity index (χ4v) is 1.73. The van der Waals surface area contributed by atoms with Crippen LogP contribution in [0.5, 0.6) is 5.75 Å². The average Bonchev–Trinajstić information content (AvgIpc) is 2.43. The Morgan fingerprint density at radius 1 is 1.30 bits per heavy atom. The van der Waals surface area contributed by atoms with Crippen molar-refractivity contribution in [2.24, 2.45) is 0 Å². The van der Waals surface area contributed by atoms with Crippen LogP contribution in [0.3, 0.4) is 0 Å². The zero-order valence-electron chi connectivity index (χ0n) is 12.9. The molecule has 0 spiro atoms. The Morgan fingerprint density at radius 2 is 2.05 bits per heavy atom. The van der Waals surface area contributed by atoms with Gasteiger partial charge in [-0.25, -0.2) is 0 Å². The zero-order chi connectivity index (χ0) is 15.0. The zero-order valence-corrected chi connectivity index (χ0v) is 12.9. The number of hydrogen-bond acceptors (Lipinski definition) is 3. The molecule has 1 aromatic rings. The van der Waals surface area contributed by atoms with E-state index in [-0.39, 0.29) is 12.0 Å². The van der Waals surface area contributed by atoms with Gasteiger partial charge >= 0.3 is 0 Å². The van der Waals surface area contributed by atoms with Crippen molar-refractivity contribution < 1.29 is 14.3 Å². The fourth-order valence-electron chi connectivity index (χ4n) is 1.73. The standard InChI is InChI=1S/C16H25NO3/c1-5-9-17-16(18)13-7-8-15(19-6-2)14(10-13)11-20-12(3)4/h7-8,10,12H,5-6,9,11H2,1-4H3,(H,17,18). The van der Waals surface area contributed by atoms with Crippen LogP contribution in [0.1, 0.15) is 50.0 Å². The van der Waals surface area contributed by atoms with Gasteiger partial charge in [-0.05, 0) is 45.4 Å². The van der Waals surface area contributed by atoms with E-state index in [4.69, 9.17) is 9.47 Å². The molecule has 0 saturated carbocycles. The van der Waals surface area contributed by atoms with Crippen molar-refractivity contribution in [3.05, 3.63) is 29.3 Å². The number of hydrogen-bond donors (Lipinski definition) is 1. The number of nitrogens with one attached hydrogen (secondary N) is 1. The predicted molar refractivity (Wildman–Crippen MR) is 80.2 cm³/mol. The molecule has 20 heavy (non-hydrogen) atoms. The third kappa shape index (κ3) is 5.21. The first kappa shape index (κ1) is 16.5. The minimum Gasteiger partial charge on any atom is -0.494 e. The van der Waals surface area contributed by atoms with E-state index in [0.717, 1.165) is 17.7 Å². The van der Waals surface area contributed by atoms with E-state index in [1.807, 2.05) is 39.8 Å². The predicted octanol–water partition coefficient (Wildman–Crippen LogP) is 3.15. The lowest BCUT2D eigenvalue weighted by molar-refractivity contribution is 0.0641. The summed E-state index contributed by atoms with van der Waals surface area (Å²) in [6.45, 7) is 9.66. The summed E-state index contributed by atoms with van der Waals surface area (Å²) in [5.74, 6) is 0.723. The van der Waals surface area contributed by atoms with Crippen LogP contribution in [0.4, 0.5) is 0 Å². The van der Waals surface area contributed by atoms with Gasteiger partial charge in [0, 0.05) is 17.7 Å². The normalized spacial score (nSPS) is 10.7. The molecule has 0 saturated heterocycles. The van der Waals surface area contributed by atoms with Gasteiger partial charge in [0.15, 0.2) is 0 Å². The second-order valence-electron chi connectivity index (χ2n) is 4.87. The summed E-state index contributed by atoms with van der Waals surface area (Å²) in [7, 11) is 0. The average molecular weight is 279 g/mol. The van der Waals surface area contributed by atoms with Crippen LogP contribution >= 0.6 is 0 Å². The van der Waals surface area contributed by atoms with Crippen LogP contribution in [0, 0.1) is 0 Å². The Balaban J connectivity index is 2.88. The van der Waals surface area contributed by atoms with Crippen LogP contribution in [0.15, 0.2) is 18.2 Å². The Kier molecular flexibility index (Phi) is 7.09. The highest BCUT2D eigenvalue weighted by Gasteiger charge is 2.11. The highest BCUT2D eigenvalue weighted by molar-refractivity contribution is 5.94. The number of rotatable bonds is 8. The molecule has 1 rings (SSSR count). The van der Waals surface area contributed by atoms with Gasteiger partial charge in [0.05, 0.1) is 19.3 Å². The maximum absolute atomic E-state index is 12.0. The SMILES string of the molecule is CCCNC(=O)c1ccc(OCC)c(COC(C)C)c1. The molecule has 1 aromatic carbocycles. The van der Waals surface area contributed by atoms with E-state index >= 15 is 0 Å². The molecule has 4 heteroatoms. The first-order valence-electron chi connectivity index (χ1n) is 7.24. The van der Waals surface area contributed by atoms with E-state index in [2.05, 4.69) is 5.32 Å². The summed E-state index contributed by atoms with van der Waals surface area (Å²) >= 11 is 0. The van der Waals surface area contributed by atoms with Crippen molar-refractivity contribution in [1.82, 2.24) is 5.32 Å². The van der Waals surface area contributed by atoms with Crippen molar-refractivity contribution >= 4 is 5.91 Å². The minimum atomic E-state index is -0.0549. The molecular formula is C16H25NO3. The molecule has 0 unspecified atom stereocenters. The lowest BCUT2D eigenvalue weighted by atomic mass is 10.1. The van der Waals surface area contributed by atoms with Crippen LogP contribution in [-0.4, -0.2) is 25.2 Å². The first-order chi connectivity index (χ1) is 9.58. The molecule has 0 radical (unpaired) electrons. The molecule has 0 fully saturated rings. The van der Waals surface area contributed by atoms with Crippen molar-refractivity contribution in [2.45, 2.75) is 46.8 Å². The van der Waals surface area contributed by atoms with Crippen LogP contribution in [0.2, 0.25) is 0 Å². The number of carbonyl (C=O) groups is 1. The molecule has 0 aliphatic carbocycles. The van der Waals surface area contributed by atoms with Gasteiger partial charge in [-0.3, -0.25) is 4.79 Å². The molecule has 1 amide bonds. The largest absolute Gasteiger partial charge is 0.494 e. The molecule has 0 heterocycles. The third-order valence-electron chi connectivity index (χ3n) is 2.73. The van der Waals surface area contributed by atoms with Crippen molar-refractivity contribution in [2.75, 3.05) is 13.2 Å². The highest BCUT2D eigenvalue weighted by Crippen LogP contribution is 2.22. The second kappa shape index (κ2) is 8.59. The van der Waals surface area contributed by atoms with Gasteiger partial charge in [0.2, 0.25) is 0 Å². The third-order valence-corrected chi connectivity index (χ3v) is 2.73. The van der Waals surface area contributed by atoms with Gasteiger partial charge in [-0.1, -0.05) is 6.92 Å². The van der Waals surface area contributed by atoms with Gasteiger partial charge in [-0.15, -0.1) is 0 Å². The molecule has 0 bridgehead atoms. The molecule has 0 atom stereocenters. The number of ether oxygens (including phenoxy) is 2. The first-order valence-corrected chi connectivity index (χ1v) is 7.24. The van der Waals surface area contributed by atoms with Crippen molar-refractivity contribution in [1.29, 1.82) is 0 Å². The van der Waals surface area contributed by atoms with E-state index in [9.17, 15) is 4.79 Å².